The van der Waals surface area contributed by atoms with Crippen LogP contribution in [0.2, 0.25) is 0 Å². The van der Waals surface area contributed by atoms with Crippen molar-refractivity contribution in [2.45, 2.75) is 77.2 Å². The van der Waals surface area contributed by atoms with Gasteiger partial charge in [-0.1, -0.05) is 58.3 Å². The molecule has 0 aromatic carbocycles. The van der Waals surface area contributed by atoms with Crippen LogP contribution < -0.4 is 5.73 Å². The van der Waals surface area contributed by atoms with Crippen LogP contribution in [0, 0.1) is 0 Å². The van der Waals surface area contributed by atoms with Crippen molar-refractivity contribution in [1.82, 2.24) is 0 Å². The van der Waals surface area contributed by atoms with Gasteiger partial charge in [0.15, 0.2) is 0 Å². The smallest absolute Gasteiger partial charge is 0.318 e. The third kappa shape index (κ3) is 12.7. The second kappa shape index (κ2) is 14.2. The molecule has 0 aliphatic heterocycles. The Balaban J connectivity index is 3.36. The highest BCUT2D eigenvalue weighted by atomic mass is 32.1. The van der Waals surface area contributed by atoms with Crippen molar-refractivity contribution in [1.29, 1.82) is 0 Å². The lowest BCUT2D eigenvalue weighted by Gasteiger charge is -2.06. The second-order valence-corrected chi connectivity index (χ2v) is 5.59. The second-order valence-electron chi connectivity index (χ2n) is 5.23. The molecule has 21 heavy (non-hydrogen) atoms. The van der Waals surface area contributed by atoms with E-state index in [-0.39, 0.29) is 12.2 Å². The first kappa shape index (κ1) is 20.2. The zero-order valence-corrected chi connectivity index (χ0v) is 13.9. The van der Waals surface area contributed by atoms with Crippen LogP contribution >= 0.6 is 12.6 Å². The fourth-order valence-electron chi connectivity index (χ4n) is 1.85. The summed E-state index contributed by atoms with van der Waals surface area (Å²) in [4.78, 5) is 31.2. The number of nitrogens with two attached hydrogens (primary N) is 1. The van der Waals surface area contributed by atoms with Gasteiger partial charge in [-0.3, -0.25) is 0 Å². The van der Waals surface area contributed by atoms with E-state index in [4.69, 9.17) is 5.73 Å². The summed E-state index contributed by atoms with van der Waals surface area (Å²) in [6.07, 6.45) is 10.8. The van der Waals surface area contributed by atoms with Gasteiger partial charge in [-0.05, 0) is 6.42 Å². The van der Waals surface area contributed by atoms with Crippen molar-refractivity contribution in [2.75, 3.05) is 5.75 Å². The molecular weight excluding hydrogens is 290 g/mol. The van der Waals surface area contributed by atoms with Crippen molar-refractivity contribution in [3.8, 4) is 0 Å². The monoisotopic (exact) mass is 319 g/mol. The maximum atomic E-state index is 11.3. The molecular formula is C15H29NO4S. The molecule has 0 aliphatic carbocycles. The van der Waals surface area contributed by atoms with E-state index in [0.717, 1.165) is 19.3 Å². The third-order valence-corrected chi connectivity index (χ3v) is 3.59. The van der Waals surface area contributed by atoms with Gasteiger partial charge in [-0.25, -0.2) is 19.4 Å². The average molecular weight is 319 g/mol. The van der Waals surface area contributed by atoms with Crippen molar-refractivity contribution >= 4 is 24.6 Å². The molecule has 2 N–H and O–H groups in total. The Hall–Kier alpha value is -0.750. The molecule has 0 rings (SSSR count). The summed E-state index contributed by atoms with van der Waals surface area (Å²) in [5.74, 6) is -1.16. The van der Waals surface area contributed by atoms with Gasteiger partial charge < -0.3 is 5.73 Å². The maximum Gasteiger partial charge on any atom is 0.372 e. The Morgan fingerprint density at radius 3 is 2.00 bits per heavy atom. The number of hydrogen-bond acceptors (Lipinski definition) is 6. The molecule has 0 saturated heterocycles. The van der Waals surface area contributed by atoms with Gasteiger partial charge in [-0.15, -0.1) is 0 Å². The zero-order valence-electron chi connectivity index (χ0n) is 13.0. The predicted molar refractivity (Wildman–Crippen MR) is 85.9 cm³/mol. The van der Waals surface area contributed by atoms with Gasteiger partial charge in [0.05, 0.1) is 6.42 Å². The molecule has 0 fully saturated rings. The van der Waals surface area contributed by atoms with Crippen LogP contribution in [0.1, 0.15) is 71.1 Å². The lowest BCUT2D eigenvalue weighted by atomic mass is 10.1. The van der Waals surface area contributed by atoms with E-state index in [2.05, 4.69) is 29.3 Å². The summed E-state index contributed by atoms with van der Waals surface area (Å²) >= 11 is 3.85. The van der Waals surface area contributed by atoms with Crippen molar-refractivity contribution in [3.05, 3.63) is 0 Å². The topological polar surface area (TPSA) is 78.6 Å². The minimum atomic E-state index is -0.867. The van der Waals surface area contributed by atoms with Gasteiger partial charge >= 0.3 is 11.9 Å². The molecule has 0 aliphatic rings. The summed E-state index contributed by atoms with van der Waals surface area (Å²) in [5, 5.41) is 0. The Morgan fingerprint density at radius 2 is 1.48 bits per heavy atom. The molecule has 0 bridgehead atoms. The highest BCUT2D eigenvalue weighted by Gasteiger charge is 2.16. The molecule has 1 unspecified atom stereocenters. The summed E-state index contributed by atoms with van der Waals surface area (Å²) < 4.78 is 0. The van der Waals surface area contributed by atoms with Crippen LogP contribution in [-0.4, -0.2) is 23.7 Å². The first-order chi connectivity index (χ1) is 10.1. The largest absolute Gasteiger partial charge is 0.372 e. The summed E-state index contributed by atoms with van der Waals surface area (Å²) in [6.45, 7) is 2.21. The van der Waals surface area contributed by atoms with Crippen molar-refractivity contribution in [3.63, 3.8) is 0 Å². The minimum absolute atomic E-state index is 0.147. The van der Waals surface area contributed by atoms with Gasteiger partial charge in [-0.2, -0.15) is 12.6 Å². The Morgan fingerprint density at radius 1 is 0.952 bits per heavy atom. The van der Waals surface area contributed by atoms with Crippen LogP contribution in [0.15, 0.2) is 0 Å². The van der Waals surface area contributed by atoms with E-state index in [0.29, 0.717) is 0 Å². The van der Waals surface area contributed by atoms with Crippen LogP contribution in [0.4, 0.5) is 0 Å². The molecule has 1 atom stereocenters. The zero-order chi connectivity index (χ0) is 15.9. The molecule has 0 aromatic heterocycles. The first-order valence-electron chi connectivity index (χ1n) is 7.89. The quantitative estimate of drug-likeness (QED) is 0.250. The third-order valence-electron chi connectivity index (χ3n) is 3.20. The van der Waals surface area contributed by atoms with Crippen LogP contribution in [-0.2, 0) is 19.4 Å². The van der Waals surface area contributed by atoms with Crippen LogP contribution in [0.3, 0.4) is 0 Å². The van der Waals surface area contributed by atoms with E-state index < -0.39 is 18.0 Å². The molecule has 0 aromatic rings. The Labute approximate surface area is 133 Å². The minimum Gasteiger partial charge on any atom is -0.318 e. The van der Waals surface area contributed by atoms with Crippen molar-refractivity contribution < 1.29 is 19.4 Å². The molecule has 0 radical (unpaired) electrons. The standard InChI is InChI=1S/C15H29NO4S/c1-2-3-4-5-6-7-8-9-10-11-14(17)19-20-15(18)13(16)12-21/h13,21H,2-12,16H2,1H3. The van der Waals surface area contributed by atoms with Gasteiger partial charge in [0.25, 0.3) is 0 Å². The summed E-state index contributed by atoms with van der Waals surface area (Å²) in [6, 6.07) is -0.867. The SMILES string of the molecule is CCCCCCCCCCCC(=O)OOC(=O)C(N)CS. The van der Waals surface area contributed by atoms with Gasteiger partial charge in [0.1, 0.15) is 6.04 Å². The summed E-state index contributed by atoms with van der Waals surface area (Å²) in [7, 11) is 0. The molecule has 0 saturated carbocycles. The number of unbranched alkanes of at least 4 members (excludes halogenated alkanes) is 8. The van der Waals surface area contributed by atoms with E-state index in [1.54, 1.807) is 0 Å². The maximum absolute atomic E-state index is 11.3. The highest BCUT2D eigenvalue weighted by Crippen LogP contribution is 2.10. The van der Waals surface area contributed by atoms with Crippen LogP contribution in [0.5, 0.6) is 0 Å². The lowest BCUT2D eigenvalue weighted by Crippen LogP contribution is -2.34. The first-order valence-corrected chi connectivity index (χ1v) is 8.52. The van der Waals surface area contributed by atoms with Gasteiger partial charge in [0, 0.05) is 5.75 Å². The number of carbonyl (C=O) groups excluding carboxylic acids is 2. The lowest BCUT2D eigenvalue weighted by molar-refractivity contribution is -0.259. The van der Waals surface area contributed by atoms with Crippen LogP contribution in [0.25, 0.3) is 0 Å². The molecule has 124 valence electrons. The normalized spacial score (nSPS) is 12.0. The number of hydrogen-bond donors (Lipinski definition) is 2. The number of rotatable bonds is 12. The predicted octanol–water partition coefficient (Wildman–Crippen LogP) is 3.17. The van der Waals surface area contributed by atoms with Crippen molar-refractivity contribution in [2.24, 2.45) is 5.73 Å². The number of thiol groups is 1. The molecule has 6 heteroatoms. The molecule has 0 heterocycles. The Bertz CT molecular complexity index is 287. The van der Waals surface area contributed by atoms with E-state index in [1.807, 2.05) is 0 Å². The summed E-state index contributed by atoms with van der Waals surface area (Å²) in [5.41, 5.74) is 5.36. The molecule has 5 nitrogen and oxygen atoms in total. The van der Waals surface area contributed by atoms with E-state index >= 15 is 0 Å². The van der Waals surface area contributed by atoms with Gasteiger partial charge in [0.2, 0.25) is 0 Å². The van der Waals surface area contributed by atoms with E-state index in [9.17, 15) is 9.59 Å². The molecule has 0 amide bonds. The number of carbonyl (C=O) groups is 2. The fourth-order valence-corrected chi connectivity index (χ4v) is 1.99. The van der Waals surface area contributed by atoms with E-state index in [1.165, 1.54) is 38.5 Å². The molecule has 0 spiro atoms. The average Bonchev–Trinajstić information content (AvgIpc) is 2.50. The highest BCUT2D eigenvalue weighted by molar-refractivity contribution is 7.80. The fraction of sp³-hybridized carbons (Fsp3) is 0.867. The Kier molecular flexibility index (Phi) is 13.7.